The Morgan fingerprint density at radius 1 is 1.17 bits per heavy atom. The van der Waals surface area contributed by atoms with Gasteiger partial charge in [0.25, 0.3) is 11.8 Å². The smallest absolute Gasteiger partial charge is 0.276 e. The number of benzene rings is 2. The summed E-state index contributed by atoms with van der Waals surface area (Å²) in [6.07, 6.45) is 1.81. The Hall–Kier alpha value is -2.86. The predicted molar refractivity (Wildman–Crippen MR) is 111 cm³/mol. The molecular formula is C23H25N3O3. The zero-order chi connectivity index (χ0) is 20.2. The topological polar surface area (TPSA) is 70.7 Å². The van der Waals surface area contributed by atoms with Crippen LogP contribution in [0.2, 0.25) is 0 Å². The van der Waals surface area contributed by atoms with Crippen molar-refractivity contribution in [2.45, 2.75) is 44.4 Å². The molecule has 0 unspecified atom stereocenters. The third kappa shape index (κ3) is 2.66. The summed E-state index contributed by atoms with van der Waals surface area (Å²) < 4.78 is 5.83. The lowest BCUT2D eigenvalue weighted by Crippen LogP contribution is -2.62. The van der Waals surface area contributed by atoms with E-state index in [1.165, 1.54) is 0 Å². The van der Waals surface area contributed by atoms with Gasteiger partial charge < -0.3 is 20.3 Å². The van der Waals surface area contributed by atoms with E-state index in [4.69, 9.17) is 4.74 Å². The van der Waals surface area contributed by atoms with E-state index in [-0.39, 0.29) is 17.9 Å². The van der Waals surface area contributed by atoms with Gasteiger partial charge in [0.1, 0.15) is 0 Å². The molecule has 2 aromatic rings. The summed E-state index contributed by atoms with van der Waals surface area (Å²) in [5.41, 5.74) is 2.67. The minimum atomic E-state index is -1.27. The Labute approximate surface area is 170 Å². The van der Waals surface area contributed by atoms with Crippen LogP contribution in [0.4, 0.5) is 11.4 Å². The first-order valence-corrected chi connectivity index (χ1v) is 10.3. The molecule has 2 aromatic carbocycles. The summed E-state index contributed by atoms with van der Waals surface area (Å²) in [6, 6.07) is 13.4. The Balaban J connectivity index is 1.69. The third-order valence-corrected chi connectivity index (χ3v) is 6.21. The van der Waals surface area contributed by atoms with Gasteiger partial charge in [-0.15, -0.1) is 0 Å². The van der Waals surface area contributed by atoms with Gasteiger partial charge in [0.15, 0.2) is 0 Å². The third-order valence-electron chi connectivity index (χ3n) is 6.21. The summed E-state index contributed by atoms with van der Waals surface area (Å²) in [5, 5.41) is 6.43. The highest BCUT2D eigenvalue weighted by molar-refractivity contribution is 6.14. The van der Waals surface area contributed by atoms with E-state index < -0.39 is 5.66 Å². The highest BCUT2D eigenvalue weighted by Crippen LogP contribution is 2.46. The molecule has 150 valence electrons. The van der Waals surface area contributed by atoms with Gasteiger partial charge in [0.2, 0.25) is 5.66 Å². The molecule has 5 rings (SSSR count). The van der Waals surface area contributed by atoms with Gasteiger partial charge in [-0.05, 0) is 48.6 Å². The van der Waals surface area contributed by atoms with Crippen molar-refractivity contribution < 1.29 is 14.3 Å². The average molecular weight is 391 g/mol. The molecule has 3 aliphatic rings. The fraction of sp³-hybridized carbons (Fsp3) is 0.391. The molecule has 0 bridgehead atoms. The van der Waals surface area contributed by atoms with Gasteiger partial charge in [-0.1, -0.05) is 32.0 Å². The molecule has 0 saturated carbocycles. The molecule has 2 N–H and O–H groups in total. The number of carbonyl (C=O) groups excluding carboxylic acids is 2. The Kier molecular flexibility index (Phi) is 4.13. The summed E-state index contributed by atoms with van der Waals surface area (Å²) in [4.78, 5) is 28.7. The Morgan fingerprint density at radius 2 is 2.00 bits per heavy atom. The number of fused-ring (bicyclic) bond motifs is 3. The van der Waals surface area contributed by atoms with Gasteiger partial charge >= 0.3 is 0 Å². The second-order valence-corrected chi connectivity index (χ2v) is 8.35. The minimum Gasteiger partial charge on any atom is -0.376 e. The summed E-state index contributed by atoms with van der Waals surface area (Å²) in [6.45, 7) is 5.32. The van der Waals surface area contributed by atoms with Crippen molar-refractivity contribution in [3.05, 3.63) is 59.2 Å². The molecule has 29 heavy (non-hydrogen) atoms. The van der Waals surface area contributed by atoms with E-state index in [2.05, 4.69) is 30.5 Å². The van der Waals surface area contributed by atoms with Crippen LogP contribution >= 0.6 is 0 Å². The lowest BCUT2D eigenvalue weighted by atomic mass is 9.89. The van der Waals surface area contributed by atoms with Crippen molar-refractivity contribution in [1.82, 2.24) is 4.90 Å². The number of nitrogens with zero attached hydrogens (tertiary/aromatic N) is 1. The van der Waals surface area contributed by atoms with Crippen LogP contribution in [0.3, 0.4) is 0 Å². The average Bonchev–Trinajstić information content (AvgIpc) is 3.32. The molecule has 2 amide bonds. The first kappa shape index (κ1) is 18.2. The fourth-order valence-electron chi connectivity index (χ4n) is 4.61. The molecule has 1 saturated heterocycles. The van der Waals surface area contributed by atoms with Gasteiger partial charge in [0, 0.05) is 23.5 Å². The second kappa shape index (κ2) is 6.59. The van der Waals surface area contributed by atoms with Crippen molar-refractivity contribution >= 4 is 23.2 Å². The van der Waals surface area contributed by atoms with E-state index in [1.54, 1.807) is 11.0 Å². The van der Waals surface area contributed by atoms with Crippen LogP contribution in [0.5, 0.6) is 0 Å². The SMILES string of the molecule is CC(C)c1ccc2c(c1)[C@@]1(Nc3ccccc3C(=O)N1C[C@@H]1CCCO1)C(=O)N2. The molecule has 3 heterocycles. The van der Waals surface area contributed by atoms with Crippen LogP contribution in [0.1, 0.15) is 54.1 Å². The number of ether oxygens (including phenoxy) is 1. The van der Waals surface area contributed by atoms with E-state index in [9.17, 15) is 9.59 Å². The largest absolute Gasteiger partial charge is 0.376 e. The van der Waals surface area contributed by atoms with Crippen LogP contribution < -0.4 is 10.6 Å². The van der Waals surface area contributed by atoms with Crippen molar-refractivity contribution in [2.24, 2.45) is 0 Å². The van der Waals surface area contributed by atoms with Crippen LogP contribution in [0, 0.1) is 0 Å². The maximum atomic E-state index is 13.6. The summed E-state index contributed by atoms with van der Waals surface area (Å²) in [7, 11) is 0. The number of para-hydroxylation sites is 1. The standard InChI is InChI=1S/C23H25N3O3/c1-14(2)15-9-10-20-18(12-15)23(22(28)24-20)25-19-8-4-3-7-17(19)21(27)26(23)13-16-6-5-11-29-16/h3-4,7-10,12,14,16,25H,5-6,11,13H2,1-2H3,(H,24,28)/t16-,23-/m0/s1. The van der Waals surface area contributed by atoms with Gasteiger partial charge in [0.05, 0.1) is 18.2 Å². The van der Waals surface area contributed by atoms with Crippen LogP contribution in [0.15, 0.2) is 42.5 Å². The molecule has 0 radical (unpaired) electrons. The monoisotopic (exact) mass is 391 g/mol. The van der Waals surface area contributed by atoms with E-state index in [1.807, 2.05) is 30.3 Å². The van der Waals surface area contributed by atoms with Gasteiger partial charge in [-0.25, -0.2) is 0 Å². The number of hydrogen-bond acceptors (Lipinski definition) is 4. The Bertz CT molecular complexity index is 997. The maximum Gasteiger partial charge on any atom is 0.276 e. The first-order valence-electron chi connectivity index (χ1n) is 10.3. The van der Waals surface area contributed by atoms with Crippen LogP contribution in [-0.2, 0) is 15.2 Å². The molecule has 6 nitrogen and oxygen atoms in total. The second-order valence-electron chi connectivity index (χ2n) is 8.35. The summed E-state index contributed by atoms with van der Waals surface area (Å²) >= 11 is 0. The lowest BCUT2D eigenvalue weighted by Gasteiger charge is -2.45. The zero-order valence-electron chi connectivity index (χ0n) is 16.7. The van der Waals surface area contributed by atoms with Crippen LogP contribution in [0.25, 0.3) is 0 Å². The molecule has 0 aliphatic carbocycles. The summed E-state index contributed by atoms with van der Waals surface area (Å²) in [5.74, 6) is -0.0618. The van der Waals surface area contributed by atoms with Crippen molar-refractivity contribution in [3.8, 4) is 0 Å². The number of carbonyl (C=O) groups is 2. The lowest BCUT2D eigenvalue weighted by molar-refractivity contribution is -0.125. The minimum absolute atomic E-state index is 0.0620. The molecule has 3 aliphatic heterocycles. The first-order chi connectivity index (χ1) is 14.0. The van der Waals surface area contributed by atoms with Gasteiger partial charge in [-0.2, -0.15) is 0 Å². The molecule has 1 spiro atoms. The molecule has 6 heteroatoms. The number of nitrogens with one attached hydrogen (secondary N) is 2. The quantitative estimate of drug-likeness (QED) is 0.838. The normalized spacial score (nSPS) is 25.2. The molecule has 0 aromatic heterocycles. The highest BCUT2D eigenvalue weighted by atomic mass is 16.5. The maximum absolute atomic E-state index is 13.6. The van der Waals surface area contributed by atoms with Crippen molar-refractivity contribution in [3.63, 3.8) is 0 Å². The van der Waals surface area contributed by atoms with Crippen molar-refractivity contribution in [2.75, 3.05) is 23.8 Å². The number of hydrogen-bond donors (Lipinski definition) is 2. The fourth-order valence-corrected chi connectivity index (χ4v) is 4.61. The molecule has 1 fully saturated rings. The molecular weight excluding hydrogens is 366 g/mol. The highest BCUT2D eigenvalue weighted by Gasteiger charge is 2.57. The number of anilines is 2. The van der Waals surface area contributed by atoms with Crippen molar-refractivity contribution in [1.29, 1.82) is 0 Å². The predicted octanol–water partition coefficient (Wildman–Crippen LogP) is 3.66. The van der Waals surface area contributed by atoms with Crippen LogP contribution in [-0.4, -0.2) is 36.0 Å². The van der Waals surface area contributed by atoms with Gasteiger partial charge in [-0.3, -0.25) is 9.59 Å². The van der Waals surface area contributed by atoms with E-state index in [0.29, 0.717) is 30.3 Å². The molecule has 2 atom stereocenters. The number of amides is 2. The zero-order valence-corrected chi connectivity index (χ0v) is 16.7. The number of rotatable bonds is 3. The van der Waals surface area contributed by atoms with E-state index in [0.717, 1.165) is 29.7 Å². The Morgan fingerprint density at radius 3 is 2.76 bits per heavy atom. The van der Waals surface area contributed by atoms with E-state index >= 15 is 0 Å².